The van der Waals surface area contributed by atoms with Crippen LogP contribution in [0, 0.1) is 20.8 Å². The molecule has 0 fully saturated rings. The quantitative estimate of drug-likeness (QED) is 0.654. The molecule has 0 saturated heterocycles. The number of carbonyl (C=O) groups is 1. The minimum Gasteiger partial charge on any atom is -0.481 e. The summed E-state index contributed by atoms with van der Waals surface area (Å²) in [7, 11) is 2.91. The van der Waals surface area contributed by atoms with Crippen molar-refractivity contribution in [2.24, 2.45) is 0 Å². The van der Waals surface area contributed by atoms with Gasteiger partial charge in [-0.25, -0.2) is 4.79 Å². The Labute approximate surface area is 168 Å². The van der Waals surface area contributed by atoms with E-state index in [0.29, 0.717) is 5.56 Å². The van der Waals surface area contributed by atoms with Gasteiger partial charge in [0.25, 0.3) is 0 Å². The number of methoxy groups -OCH3 is 2. The van der Waals surface area contributed by atoms with Crippen molar-refractivity contribution in [2.45, 2.75) is 20.8 Å². The van der Waals surface area contributed by atoms with E-state index in [4.69, 9.17) is 14.2 Å². The summed E-state index contributed by atoms with van der Waals surface area (Å²) in [5.41, 5.74) is 4.56. The van der Waals surface area contributed by atoms with Crippen LogP contribution in [-0.4, -0.2) is 35.3 Å². The van der Waals surface area contributed by atoms with Gasteiger partial charge in [0, 0.05) is 5.56 Å². The van der Waals surface area contributed by atoms with Gasteiger partial charge < -0.3 is 19.3 Å². The molecule has 1 N–H and O–H groups in total. The predicted molar refractivity (Wildman–Crippen MR) is 108 cm³/mol. The molecule has 150 valence electrons. The van der Waals surface area contributed by atoms with E-state index in [1.807, 2.05) is 32.9 Å². The summed E-state index contributed by atoms with van der Waals surface area (Å²) >= 11 is 0. The fourth-order valence-corrected chi connectivity index (χ4v) is 3.39. The maximum Gasteiger partial charge on any atom is 0.340 e. The maximum absolute atomic E-state index is 12.2. The second-order valence-electron chi connectivity index (χ2n) is 6.59. The molecule has 1 aromatic heterocycles. The van der Waals surface area contributed by atoms with E-state index >= 15 is 0 Å². The summed E-state index contributed by atoms with van der Waals surface area (Å²) in [6.07, 6.45) is 0. The summed E-state index contributed by atoms with van der Waals surface area (Å²) in [4.78, 5) is 20.4. The number of aromatic carboxylic acids is 1. The zero-order valence-electron chi connectivity index (χ0n) is 16.9. The SMILES string of the molecule is COc1cc(OC)nc(Oc2cccc(-c3c(C)cc(C)cc3C)c2C(=O)O)n1. The third-order valence-corrected chi connectivity index (χ3v) is 4.46. The van der Waals surface area contributed by atoms with Gasteiger partial charge in [0.2, 0.25) is 11.8 Å². The van der Waals surface area contributed by atoms with E-state index in [1.54, 1.807) is 18.2 Å². The predicted octanol–water partition coefficient (Wildman–Crippen LogP) is 4.58. The van der Waals surface area contributed by atoms with Crippen LogP contribution in [0.15, 0.2) is 36.4 Å². The Balaban J connectivity index is 2.16. The first-order valence-corrected chi connectivity index (χ1v) is 8.93. The zero-order valence-corrected chi connectivity index (χ0v) is 16.9. The van der Waals surface area contributed by atoms with Crippen LogP contribution in [0.25, 0.3) is 11.1 Å². The Hall–Kier alpha value is -3.61. The largest absolute Gasteiger partial charge is 0.481 e. The fraction of sp³-hybridized carbons (Fsp3) is 0.227. The summed E-state index contributed by atoms with van der Waals surface area (Å²) in [6.45, 7) is 5.93. The number of hydrogen-bond acceptors (Lipinski definition) is 6. The zero-order chi connectivity index (χ0) is 21.1. The van der Waals surface area contributed by atoms with Crippen LogP contribution < -0.4 is 14.2 Å². The summed E-state index contributed by atoms with van der Waals surface area (Å²) in [6, 6.07) is 10.6. The van der Waals surface area contributed by atoms with Gasteiger partial charge in [-0.3, -0.25) is 0 Å². The maximum atomic E-state index is 12.2. The molecule has 0 aliphatic heterocycles. The third-order valence-electron chi connectivity index (χ3n) is 4.46. The molecule has 3 aromatic rings. The van der Waals surface area contributed by atoms with Crippen molar-refractivity contribution in [1.29, 1.82) is 0 Å². The van der Waals surface area contributed by atoms with E-state index in [9.17, 15) is 9.90 Å². The molecule has 0 aliphatic rings. The highest BCUT2D eigenvalue weighted by molar-refractivity contribution is 6.00. The third kappa shape index (κ3) is 4.13. The lowest BCUT2D eigenvalue weighted by Gasteiger charge is -2.16. The lowest BCUT2D eigenvalue weighted by atomic mass is 9.90. The number of rotatable bonds is 6. The second kappa shape index (κ2) is 8.18. The number of nitrogens with zero attached hydrogens (tertiary/aromatic N) is 2. The molecule has 29 heavy (non-hydrogen) atoms. The first kappa shape index (κ1) is 20.1. The molecule has 0 atom stereocenters. The van der Waals surface area contributed by atoms with Gasteiger partial charge in [-0.1, -0.05) is 29.8 Å². The van der Waals surface area contributed by atoms with Crippen molar-refractivity contribution in [1.82, 2.24) is 9.97 Å². The Morgan fingerprint density at radius 2 is 1.52 bits per heavy atom. The lowest BCUT2D eigenvalue weighted by molar-refractivity contribution is 0.0695. The van der Waals surface area contributed by atoms with Crippen LogP contribution in [0.1, 0.15) is 27.0 Å². The number of aryl methyl sites for hydroxylation is 3. The molecule has 7 heteroatoms. The number of carboxylic acids is 1. The van der Waals surface area contributed by atoms with E-state index in [-0.39, 0.29) is 29.1 Å². The van der Waals surface area contributed by atoms with Gasteiger partial charge in [0.15, 0.2) is 0 Å². The molecular formula is C22H22N2O5. The second-order valence-corrected chi connectivity index (χ2v) is 6.59. The van der Waals surface area contributed by atoms with Gasteiger partial charge in [-0.05, 0) is 43.5 Å². The van der Waals surface area contributed by atoms with Crippen molar-refractivity contribution in [3.8, 4) is 34.6 Å². The first-order chi connectivity index (χ1) is 13.8. The van der Waals surface area contributed by atoms with Gasteiger partial charge in [0.05, 0.1) is 20.3 Å². The number of hydrogen-bond donors (Lipinski definition) is 1. The van der Waals surface area contributed by atoms with Crippen molar-refractivity contribution in [3.63, 3.8) is 0 Å². The topological polar surface area (TPSA) is 90.8 Å². The molecule has 0 radical (unpaired) electrons. The summed E-state index contributed by atoms with van der Waals surface area (Å²) in [5.74, 6) is -0.496. The normalized spacial score (nSPS) is 10.5. The Morgan fingerprint density at radius 3 is 2.03 bits per heavy atom. The van der Waals surface area contributed by atoms with Gasteiger partial charge in [0.1, 0.15) is 11.3 Å². The fourth-order valence-electron chi connectivity index (χ4n) is 3.39. The highest BCUT2D eigenvalue weighted by Gasteiger charge is 2.22. The molecule has 0 unspecified atom stereocenters. The molecular weight excluding hydrogens is 372 g/mol. The van der Waals surface area contributed by atoms with Crippen LogP contribution in [0.2, 0.25) is 0 Å². The molecule has 2 aromatic carbocycles. The molecule has 0 aliphatic carbocycles. The van der Waals surface area contributed by atoms with Crippen molar-refractivity contribution >= 4 is 5.97 Å². The van der Waals surface area contributed by atoms with Crippen LogP contribution in [-0.2, 0) is 0 Å². The number of aromatic nitrogens is 2. The first-order valence-electron chi connectivity index (χ1n) is 8.93. The Morgan fingerprint density at radius 1 is 0.931 bits per heavy atom. The number of benzene rings is 2. The Bertz CT molecular complexity index is 1030. The minimum atomic E-state index is -1.11. The van der Waals surface area contributed by atoms with E-state index in [2.05, 4.69) is 9.97 Å². The van der Waals surface area contributed by atoms with E-state index in [0.717, 1.165) is 22.3 Å². The highest BCUT2D eigenvalue weighted by atomic mass is 16.5. The number of ether oxygens (including phenoxy) is 3. The molecule has 0 saturated carbocycles. The summed E-state index contributed by atoms with van der Waals surface area (Å²) in [5, 5.41) is 9.95. The molecule has 0 amide bonds. The van der Waals surface area contributed by atoms with Crippen molar-refractivity contribution < 1.29 is 24.1 Å². The highest BCUT2D eigenvalue weighted by Crippen LogP contribution is 2.37. The molecule has 0 bridgehead atoms. The van der Waals surface area contributed by atoms with Gasteiger partial charge in [-0.2, -0.15) is 9.97 Å². The van der Waals surface area contributed by atoms with Crippen LogP contribution in [0.4, 0.5) is 0 Å². The van der Waals surface area contributed by atoms with Crippen LogP contribution in [0.3, 0.4) is 0 Å². The van der Waals surface area contributed by atoms with Crippen LogP contribution >= 0.6 is 0 Å². The molecule has 0 spiro atoms. The molecule has 1 heterocycles. The lowest BCUT2D eigenvalue weighted by Crippen LogP contribution is -2.06. The number of carboxylic acid groups (broad SMARTS) is 1. The summed E-state index contributed by atoms with van der Waals surface area (Å²) < 4.78 is 16.0. The van der Waals surface area contributed by atoms with Gasteiger partial charge >= 0.3 is 12.0 Å². The average molecular weight is 394 g/mol. The van der Waals surface area contributed by atoms with Crippen LogP contribution in [0.5, 0.6) is 23.5 Å². The van der Waals surface area contributed by atoms with E-state index < -0.39 is 5.97 Å². The van der Waals surface area contributed by atoms with Crippen molar-refractivity contribution in [2.75, 3.05) is 14.2 Å². The van der Waals surface area contributed by atoms with E-state index in [1.165, 1.54) is 20.3 Å². The average Bonchev–Trinajstić information content (AvgIpc) is 2.66. The molecule has 3 rings (SSSR count). The standard InChI is InChI=1S/C22H22N2O5/c1-12-9-13(2)19(14(3)10-12)15-7-6-8-16(20(15)21(25)26)29-22-23-17(27-4)11-18(24-22)28-5/h6-11H,1-5H3,(H,25,26). The van der Waals surface area contributed by atoms with Gasteiger partial charge in [-0.15, -0.1) is 0 Å². The Kier molecular flexibility index (Phi) is 5.68. The monoisotopic (exact) mass is 394 g/mol. The minimum absolute atomic E-state index is 0.0351. The van der Waals surface area contributed by atoms with Crippen molar-refractivity contribution in [3.05, 3.63) is 58.7 Å². The smallest absolute Gasteiger partial charge is 0.340 e. The molecule has 7 nitrogen and oxygen atoms in total.